The fraction of sp³-hybridized carbons (Fsp3) is 0.333. The van der Waals surface area contributed by atoms with E-state index in [-0.39, 0.29) is 4.90 Å². The SMILES string of the molecule is Cc1ccc(S(=O)(=O)N(C(=O)NC(=O)Nc2ccc(Cl)cc2)C2CCCCC2)cc1. The van der Waals surface area contributed by atoms with E-state index in [0.717, 1.165) is 29.1 Å². The number of hydrogen-bond acceptors (Lipinski definition) is 4. The highest BCUT2D eigenvalue weighted by Gasteiger charge is 2.37. The first kappa shape index (κ1) is 22.1. The van der Waals surface area contributed by atoms with E-state index < -0.39 is 28.1 Å². The normalized spacial score (nSPS) is 14.7. The molecule has 1 saturated carbocycles. The molecular formula is C21H24ClN3O4S. The highest BCUT2D eigenvalue weighted by molar-refractivity contribution is 7.89. The number of aryl methyl sites for hydroxylation is 1. The van der Waals surface area contributed by atoms with E-state index in [1.165, 1.54) is 12.1 Å². The van der Waals surface area contributed by atoms with Crippen molar-refractivity contribution in [1.82, 2.24) is 9.62 Å². The smallest absolute Gasteiger partial charge is 0.308 e. The van der Waals surface area contributed by atoms with Crippen LogP contribution < -0.4 is 10.6 Å². The number of nitrogens with zero attached hydrogens (tertiary/aromatic N) is 1. The summed E-state index contributed by atoms with van der Waals surface area (Å²) in [6, 6.07) is 10.4. The molecule has 0 atom stereocenters. The van der Waals surface area contributed by atoms with Crippen molar-refractivity contribution in [3.63, 3.8) is 0 Å². The number of halogens is 1. The van der Waals surface area contributed by atoms with E-state index >= 15 is 0 Å². The predicted molar refractivity (Wildman–Crippen MR) is 116 cm³/mol. The Morgan fingerprint density at radius 2 is 1.57 bits per heavy atom. The summed E-state index contributed by atoms with van der Waals surface area (Å²) in [6.45, 7) is 1.85. The number of carbonyl (C=O) groups is 2. The Bertz CT molecular complexity index is 1000. The molecule has 2 aromatic carbocycles. The Balaban J connectivity index is 1.82. The third kappa shape index (κ3) is 5.31. The molecule has 0 unspecified atom stereocenters. The molecule has 1 aliphatic carbocycles. The third-order valence-corrected chi connectivity index (χ3v) is 7.11. The number of carbonyl (C=O) groups excluding carboxylic acids is 2. The van der Waals surface area contributed by atoms with Gasteiger partial charge in [-0.1, -0.05) is 48.6 Å². The van der Waals surface area contributed by atoms with Crippen LogP contribution in [0, 0.1) is 6.92 Å². The average molecular weight is 450 g/mol. The maximum absolute atomic E-state index is 13.3. The Labute approximate surface area is 181 Å². The summed E-state index contributed by atoms with van der Waals surface area (Å²) < 4.78 is 27.4. The van der Waals surface area contributed by atoms with Gasteiger partial charge >= 0.3 is 12.1 Å². The minimum absolute atomic E-state index is 0.0203. The molecule has 1 fully saturated rings. The molecule has 0 aliphatic heterocycles. The second-order valence-corrected chi connectivity index (χ2v) is 9.55. The number of benzene rings is 2. The van der Waals surface area contributed by atoms with Crippen LogP contribution in [0.4, 0.5) is 15.3 Å². The Morgan fingerprint density at radius 1 is 0.967 bits per heavy atom. The lowest BCUT2D eigenvalue weighted by molar-refractivity contribution is 0.199. The molecule has 3 rings (SSSR count). The van der Waals surface area contributed by atoms with Crippen molar-refractivity contribution in [3.8, 4) is 0 Å². The van der Waals surface area contributed by atoms with Gasteiger partial charge in [0.05, 0.1) is 10.9 Å². The van der Waals surface area contributed by atoms with Gasteiger partial charge < -0.3 is 5.32 Å². The molecule has 0 aromatic heterocycles. The van der Waals surface area contributed by atoms with Crippen LogP contribution in [0.2, 0.25) is 5.02 Å². The molecule has 2 N–H and O–H groups in total. The zero-order valence-electron chi connectivity index (χ0n) is 16.6. The van der Waals surface area contributed by atoms with E-state index in [9.17, 15) is 18.0 Å². The lowest BCUT2D eigenvalue weighted by Gasteiger charge is -2.33. The van der Waals surface area contributed by atoms with Crippen LogP contribution in [-0.2, 0) is 10.0 Å². The lowest BCUT2D eigenvalue weighted by atomic mass is 9.96. The van der Waals surface area contributed by atoms with Gasteiger partial charge in [0, 0.05) is 10.7 Å². The predicted octanol–water partition coefficient (Wildman–Crippen LogP) is 4.91. The fourth-order valence-electron chi connectivity index (χ4n) is 3.46. The minimum atomic E-state index is -4.12. The molecule has 1 aliphatic rings. The van der Waals surface area contributed by atoms with Crippen LogP contribution in [0.3, 0.4) is 0 Å². The van der Waals surface area contributed by atoms with E-state index in [1.54, 1.807) is 36.4 Å². The van der Waals surface area contributed by atoms with Crippen LogP contribution in [0.5, 0.6) is 0 Å². The highest BCUT2D eigenvalue weighted by atomic mass is 35.5. The van der Waals surface area contributed by atoms with Gasteiger partial charge in [-0.05, 0) is 56.2 Å². The minimum Gasteiger partial charge on any atom is -0.308 e. The summed E-state index contributed by atoms with van der Waals surface area (Å²) in [6.07, 6.45) is 3.78. The number of amides is 4. The van der Waals surface area contributed by atoms with E-state index in [2.05, 4.69) is 10.6 Å². The van der Waals surface area contributed by atoms with Crippen molar-refractivity contribution < 1.29 is 18.0 Å². The summed E-state index contributed by atoms with van der Waals surface area (Å²) in [5, 5.41) is 5.16. The summed E-state index contributed by atoms with van der Waals surface area (Å²) in [5.74, 6) is 0. The summed E-state index contributed by atoms with van der Waals surface area (Å²) in [5.41, 5.74) is 1.33. The zero-order chi connectivity index (χ0) is 21.7. The number of hydrogen-bond donors (Lipinski definition) is 2. The van der Waals surface area contributed by atoms with E-state index in [0.29, 0.717) is 23.6 Å². The van der Waals surface area contributed by atoms with Crippen molar-refractivity contribution >= 4 is 39.4 Å². The Hall–Kier alpha value is -2.58. The molecular weight excluding hydrogens is 426 g/mol. The van der Waals surface area contributed by atoms with Crippen molar-refractivity contribution in [1.29, 1.82) is 0 Å². The Kier molecular flexibility index (Phi) is 6.99. The van der Waals surface area contributed by atoms with Crippen LogP contribution in [0.1, 0.15) is 37.7 Å². The number of imide groups is 1. The van der Waals surface area contributed by atoms with Gasteiger partial charge in [0.2, 0.25) is 0 Å². The summed E-state index contributed by atoms with van der Waals surface area (Å²) in [7, 11) is -4.12. The van der Waals surface area contributed by atoms with Crippen molar-refractivity contribution in [3.05, 3.63) is 59.1 Å². The summed E-state index contributed by atoms with van der Waals surface area (Å²) >= 11 is 5.82. The molecule has 2 aromatic rings. The van der Waals surface area contributed by atoms with Gasteiger partial charge in [-0.2, -0.15) is 0 Å². The zero-order valence-corrected chi connectivity index (χ0v) is 18.2. The molecule has 4 amide bonds. The van der Waals surface area contributed by atoms with Crippen LogP contribution in [0.15, 0.2) is 53.4 Å². The standard InChI is InChI=1S/C21H24ClN3O4S/c1-15-7-13-19(14-8-15)30(28,29)25(18-5-3-2-4-6-18)21(27)24-20(26)23-17-11-9-16(22)10-12-17/h7-14,18H,2-6H2,1H3,(H2,23,24,26,27). The Morgan fingerprint density at radius 3 is 2.17 bits per heavy atom. The molecule has 0 bridgehead atoms. The monoisotopic (exact) mass is 449 g/mol. The van der Waals surface area contributed by atoms with Gasteiger partial charge in [0.25, 0.3) is 10.0 Å². The van der Waals surface area contributed by atoms with Crippen molar-refractivity contribution in [2.45, 2.75) is 50.0 Å². The van der Waals surface area contributed by atoms with Crippen LogP contribution in [-0.4, -0.2) is 30.8 Å². The van der Waals surface area contributed by atoms with Gasteiger partial charge in [0.1, 0.15) is 0 Å². The van der Waals surface area contributed by atoms with Crippen molar-refractivity contribution in [2.75, 3.05) is 5.32 Å². The number of anilines is 1. The maximum atomic E-state index is 13.3. The summed E-state index contributed by atoms with van der Waals surface area (Å²) in [4.78, 5) is 25.3. The van der Waals surface area contributed by atoms with Gasteiger partial charge in [-0.25, -0.2) is 22.3 Å². The number of rotatable bonds is 4. The molecule has 0 radical (unpaired) electrons. The molecule has 0 spiro atoms. The van der Waals surface area contributed by atoms with Gasteiger partial charge in [-0.15, -0.1) is 0 Å². The van der Waals surface area contributed by atoms with Gasteiger partial charge in [0.15, 0.2) is 0 Å². The maximum Gasteiger partial charge on any atom is 0.339 e. The first-order valence-corrected chi connectivity index (χ1v) is 11.6. The van der Waals surface area contributed by atoms with Gasteiger partial charge in [-0.3, -0.25) is 5.32 Å². The molecule has 9 heteroatoms. The molecule has 7 nitrogen and oxygen atoms in total. The average Bonchev–Trinajstić information content (AvgIpc) is 2.70. The topological polar surface area (TPSA) is 95.6 Å². The first-order chi connectivity index (χ1) is 14.3. The third-order valence-electron chi connectivity index (χ3n) is 5.01. The highest BCUT2D eigenvalue weighted by Crippen LogP contribution is 2.28. The second kappa shape index (κ2) is 9.49. The molecule has 30 heavy (non-hydrogen) atoms. The van der Waals surface area contributed by atoms with E-state index in [4.69, 9.17) is 11.6 Å². The number of sulfonamides is 1. The lowest BCUT2D eigenvalue weighted by Crippen LogP contribution is -2.52. The van der Waals surface area contributed by atoms with Crippen LogP contribution >= 0.6 is 11.6 Å². The number of nitrogens with one attached hydrogen (secondary N) is 2. The number of urea groups is 2. The molecule has 160 valence electrons. The van der Waals surface area contributed by atoms with E-state index in [1.807, 2.05) is 6.92 Å². The second-order valence-electron chi connectivity index (χ2n) is 7.30. The largest absolute Gasteiger partial charge is 0.339 e. The molecule has 0 heterocycles. The van der Waals surface area contributed by atoms with Crippen molar-refractivity contribution in [2.24, 2.45) is 0 Å². The first-order valence-electron chi connectivity index (χ1n) is 9.76. The quantitative estimate of drug-likeness (QED) is 0.692. The molecule has 0 saturated heterocycles. The van der Waals surface area contributed by atoms with Crippen LogP contribution in [0.25, 0.3) is 0 Å². The fourth-order valence-corrected chi connectivity index (χ4v) is 5.16.